The first-order chi connectivity index (χ1) is 12.3. The average Bonchev–Trinajstić information content (AvgIpc) is 3.01. The molecule has 3 heterocycles. The van der Waals surface area contributed by atoms with Gasteiger partial charge in [-0.1, -0.05) is 11.6 Å². The minimum absolute atomic E-state index is 0.0581. The quantitative estimate of drug-likeness (QED) is 0.700. The number of quaternary nitrogens is 1. The lowest BCUT2D eigenvalue weighted by atomic mass is 9.67. The summed E-state index contributed by atoms with van der Waals surface area (Å²) in [4.78, 5) is 26.0. The molecule has 3 aliphatic heterocycles. The summed E-state index contributed by atoms with van der Waals surface area (Å²) in [6, 6.07) is 2.33. The number of rotatable bonds is 1. The highest BCUT2D eigenvalue weighted by molar-refractivity contribution is 6.31. The van der Waals surface area contributed by atoms with Gasteiger partial charge in [0, 0.05) is 18.1 Å². The van der Waals surface area contributed by atoms with Crippen molar-refractivity contribution in [1.29, 1.82) is 0 Å². The molecule has 4 unspecified atom stereocenters. The Kier molecular flexibility index (Phi) is 3.71. The summed E-state index contributed by atoms with van der Waals surface area (Å²) in [5.74, 6) is -2.81. The molecule has 0 saturated carbocycles. The average molecular weight is 405 g/mol. The Morgan fingerprint density at radius 1 is 1.22 bits per heavy atom. The molecule has 0 radical (unpaired) electrons. The predicted molar refractivity (Wildman–Crippen MR) is 87.3 cm³/mol. The minimum Gasteiger partial charge on any atom is -0.390 e. The lowest BCUT2D eigenvalue weighted by Gasteiger charge is -2.30. The van der Waals surface area contributed by atoms with Gasteiger partial charge in [-0.25, -0.2) is 9.59 Å². The van der Waals surface area contributed by atoms with Gasteiger partial charge in [0.2, 0.25) is 0 Å². The molecule has 3 fully saturated rings. The number of aliphatic hydroxyl groups excluding tert-OH is 1. The fourth-order valence-electron chi connectivity index (χ4n) is 5.18. The van der Waals surface area contributed by atoms with Crippen LogP contribution in [0, 0.1) is 18.8 Å². The fraction of sp³-hybridized carbons (Fsp3) is 0.556. The van der Waals surface area contributed by atoms with Gasteiger partial charge in [0.1, 0.15) is 23.1 Å². The number of benzene rings is 1. The standard InChI is InChI=1S/C18H17ClF3NO4/c1-7-9(5-4-8(19)11(7)18(20,21)22)23-14(25)12-13(15(23)26)17(3)10(24)6-16(12,2)27-17/h4-5,10,12-13,24H,6H2,1-3H3/p+1/t10-,12?,13-,16?,17?/m1/s1. The van der Waals surface area contributed by atoms with Crippen molar-refractivity contribution < 1.29 is 37.5 Å². The number of halogens is 4. The van der Waals surface area contributed by atoms with Crippen LogP contribution in [0.1, 0.15) is 31.4 Å². The zero-order chi connectivity index (χ0) is 20.1. The van der Waals surface area contributed by atoms with Crippen LogP contribution in [-0.2, 0) is 20.5 Å². The maximum Gasteiger partial charge on any atom is 0.418 e. The second-order valence-corrected chi connectivity index (χ2v) is 8.38. The molecule has 4 rings (SSSR count). The number of aliphatic hydroxyl groups is 1. The van der Waals surface area contributed by atoms with Crippen LogP contribution in [0.5, 0.6) is 0 Å². The summed E-state index contributed by atoms with van der Waals surface area (Å²) in [6.07, 6.45) is -5.43. The van der Waals surface area contributed by atoms with Crippen LogP contribution in [0.25, 0.3) is 0 Å². The summed E-state index contributed by atoms with van der Waals surface area (Å²) in [7, 11) is 0. The molecule has 1 aromatic rings. The third-order valence-corrected chi connectivity index (χ3v) is 6.66. The molecule has 0 aromatic heterocycles. The number of carbonyl (C=O) groups is 2. The van der Waals surface area contributed by atoms with Crippen molar-refractivity contribution in [2.75, 3.05) is 0 Å². The Morgan fingerprint density at radius 3 is 2.41 bits per heavy atom. The van der Waals surface area contributed by atoms with Gasteiger partial charge in [-0.05, 0) is 26.8 Å². The summed E-state index contributed by atoms with van der Waals surface area (Å²) >= 11 is 5.73. The first-order valence-corrected chi connectivity index (χ1v) is 8.91. The Hall–Kier alpha value is -1.48. The molecule has 2 bridgehead atoms. The molecule has 3 aliphatic rings. The Bertz CT molecular complexity index is 888. The van der Waals surface area contributed by atoms with E-state index < -0.39 is 57.7 Å². The lowest BCUT2D eigenvalue weighted by molar-refractivity contribution is -0.660. The van der Waals surface area contributed by atoms with Crippen molar-refractivity contribution in [3.05, 3.63) is 28.3 Å². The third kappa shape index (κ3) is 2.24. The molecule has 3 saturated heterocycles. The number of imide groups is 1. The third-order valence-electron chi connectivity index (χ3n) is 6.35. The Balaban J connectivity index is 1.85. The first kappa shape index (κ1) is 18.9. The normalized spacial score (nSPS) is 40.7. The van der Waals surface area contributed by atoms with E-state index in [2.05, 4.69) is 0 Å². The molecule has 27 heavy (non-hydrogen) atoms. The molecule has 146 valence electrons. The number of alkyl halides is 3. The topological polar surface area (TPSA) is 68.0 Å². The van der Waals surface area contributed by atoms with E-state index in [9.17, 15) is 27.9 Å². The zero-order valence-corrected chi connectivity index (χ0v) is 15.5. The van der Waals surface area contributed by atoms with Crippen molar-refractivity contribution in [3.8, 4) is 0 Å². The molecule has 2 amide bonds. The minimum atomic E-state index is -4.71. The van der Waals surface area contributed by atoms with Crippen LogP contribution < -0.4 is 4.90 Å². The van der Waals surface area contributed by atoms with Crippen molar-refractivity contribution in [2.45, 2.75) is 50.7 Å². The van der Waals surface area contributed by atoms with Crippen molar-refractivity contribution >= 4 is 29.1 Å². The number of carbonyl (C=O) groups excluding carboxylic acids is 2. The van der Waals surface area contributed by atoms with E-state index in [4.69, 9.17) is 16.3 Å². The second-order valence-electron chi connectivity index (χ2n) is 7.97. The van der Waals surface area contributed by atoms with E-state index >= 15 is 0 Å². The molecule has 1 aromatic carbocycles. The highest BCUT2D eigenvalue weighted by Gasteiger charge is 2.78. The van der Waals surface area contributed by atoms with E-state index in [1.54, 1.807) is 13.8 Å². The maximum atomic E-state index is 13.4. The molecular weight excluding hydrogens is 387 g/mol. The SMILES string of the molecule is Cc1c([NH+]2C(=O)C3[C@H](C2=O)C2(C)OC3(C)C[C@H]2O)ccc(Cl)c1C(F)(F)F. The van der Waals surface area contributed by atoms with Gasteiger partial charge < -0.3 is 9.84 Å². The molecule has 9 heteroatoms. The molecular formula is C18H18ClF3NO4+. The van der Waals surface area contributed by atoms with Crippen LogP contribution in [-0.4, -0.2) is 34.2 Å². The van der Waals surface area contributed by atoms with E-state index in [-0.39, 0.29) is 22.6 Å². The van der Waals surface area contributed by atoms with Crippen LogP contribution in [0.2, 0.25) is 5.02 Å². The lowest BCUT2D eigenvalue weighted by Crippen LogP contribution is -3.11. The van der Waals surface area contributed by atoms with Gasteiger partial charge in [0.25, 0.3) is 0 Å². The largest absolute Gasteiger partial charge is 0.418 e. The van der Waals surface area contributed by atoms with E-state index in [0.717, 1.165) is 6.07 Å². The maximum absolute atomic E-state index is 13.4. The fourth-order valence-corrected chi connectivity index (χ4v) is 5.49. The zero-order valence-electron chi connectivity index (χ0n) is 14.8. The van der Waals surface area contributed by atoms with E-state index in [1.807, 2.05) is 0 Å². The van der Waals surface area contributed by atoms with E-state index in [0.29, 0.717) is 0 Å². The highest BCUT2D eigenvalue weighted by atomic mass is 35.5. The molecule has 5 nitrogen and oxygen atoms in total. The monoisotopic (exact) mass is 404 g/mol. The van der Waals surface area contributed by atoms with Gasteiger partial charge in [-0.2, -0.15) is 18.1 Å². The summed E-state index contributed by atoms with van der Waals surface area (Å²) in [5.41, 5.74) is -3.60. The first-order valence-electron chi connectivity index (χ1n) is 8.53. The van der Waals surface area contributed by atoms with E-state index in [1.165, 1.54) is 13.0 Å². The van der Waals surface area contributed by atoms with Crippen molar-refractivity contribution in [3.63, 3.8) is 0 Å². The predicted octanol–water partition coefficient (Wildman–Crippen LogP) is 1.80. The Labute approximate surface area is 158 Å². The number of nitrogens with one attached hydrogen (secondary N) is 1. The van der Waals surface area contributed by atoms with Crippen molar-refractivity contribution in [2.24, 2.45) is 11.8 Å². The summed E-state index contributed by atoms with van der Waals surface area (Å²) in [6.45, 7) is 4.45. The van der Waals surface area contributed by atoms with Gasteiger partial charge in [0.05, 0.1) is 22.3 Å². The van der Waals surface area contributed by atoms with Crippen LogP contribution in [0.3, 0.4) is 0 Å². The van der Waals surface area contributed by atoms with Crippen LogP contribution in [0.15, 0.2) is 12.1 Å². The number of amides is 2. The molecule has 2 N–H and O–H groups in total. The van der Waals surface area contributed by atoms with Crippen molar-refractivity contribution in [1.82, 2.24) is 0 Å². The van der Waals surface area contributed by atoms with Crippen LogP contribution >= 0.6 is 11.6 Å². The molecule has 0 spiro atoms. The number of fused-ring (bicyclic) bond motifs is 5. The molecule has 6 atom stereocenters. The van der Waals surface area contributed by atoms with Gasteiger partial charge in [0.15, 0.2) is 0 Å². The summed E-state index contributed by atoms with van der Waals surface area (Å²) < 4.78 is 46.0. The number of ether oxygens (including phenoxy) is 1. The number of hydrogen-bond acceptors (Lipinski definition) is 4. The van der Waals surface area contributed by atoms with Crippen LogP contribution in [0.4, 0.5) is 18.9 Å². The van der Waals surface area contributed by atoms with Gasteiger partial charge in [-0.3, -0.25) is 0 Å². The second kappa shape index (κ2) is 5.31. The Morgan fingerprint density at radius 2 is 1.81 bits per heavy atom. The smallest absolute Gasteiger partial charge is 0.390 e. The number of hydrogen-bond donors (Lipinski definition) is 2. The molecule has 0 aliphatic carbocycles. The van der Waals surface area contributed by atoms with Gasteiger partial charge in [-0.15, -0.1) is 0 Å². The summed E-state index contributed by atoms with van der Waals surface area (Å²) in [5, 5.41) is 9.84. The van der Waals surface area contributed by atoms with Gasteiger partial charge >= 0.3 is 18.0 Å². The highest BCUT2D eigenvalue weighted by Crippen LogP contribution is 2.58.